The molecule has 0 spiro atoms. The SMILES string of the molecule is Cc1c(/C=N\NC(=O)Cc2ccc(Br)cc2)c2ccccc2n1Cc1ccc(Cl)c(Cl)c1. The maximum absolute atomic E-state index is 12.3. The Morgan fingerprint density at radius 1 is 1.03 bits per heavy atom. The first-order chi connectivity index (χ1) is 15.4. The second kappa shape index (κ2) is 9.90. The molecule has 162 valence electrons. The Kier molecular flexibility index (Phi) is 6.99. The summed E-state index contributed by atoms with van der Waals surface area (Å²) in [6.07, 6.45) is 1.98. The van der Waals surface area contributed by atoms with Crippen LogP contribution >= 0.6 is 39.1 Å². The molecule has 1 N–H and O–H groups in total. The molecule has 0 saturated carbocycles. The molecule has 0 unspecified atom stereocenters. The molecule has 3 aromatic carbocycles. The van der Waals surface area contributed by atoms with Crippen molar-refractivity contribution >= 4 is 62.2 Å². The van der Waals surface area contributed by atoms with Crippen LogP contribution in [-0.4, -0.2) is 16.7 Å². The quantitative estimate of drug-likeness (QED) is 0.218. The maximum Gasteiger partial charge on any atom is 0.244 e. The summed E-state index contributed by atoms with van der Waals surface area (Å²) in [7, 11) is 0. The van der Waals surface area contributed by atoms with Crippen molar-refractivity contribution in [3.05, 3.63) is 104 Å². The first kappa shape index (κ1) is 22.6. The number of hydrazone groups is 1. The fourth-order valence-corrected chi connectivity index (χ4v) is 4.23. The number of fused-ring (bicyclic) bond motifs is 1. The van der Waals surface area contributed by atoms with E-state index in [1.165, 1.54) is 0 Å². The summed E-state index contributed by atoms with van der Waals surface area (Å²) in [6.45, 7) is 2.69. The van der Waals surface area contributed by atoms with Crippen LogP contribution in [0.3, 0.4) is 0 Å². The topological polar surface area (TPSA) is 46.4 Å². The highest BCUT2D eigenvalue weighted by Crippen LogP contribution is 2.28. The van der Waals surface area contributed by atoms with Crippen LogP contribution in [-0.2, 0) is 17.8 Å². The van der Waals surface area contributed by atoms with Crippen LogP contribution < -0.4 is 5.43 Å². The van der Waals surface area contributed by atoms with Gasteiger partial charge in [-0.3, -0.25) is 4.79 Å². The number of hydrogen-bond acceptors (Lipinski definition) is 2. The number of halogens is 3. The number of para-hydroxylation sites is 1. The molecule has 32 heavy (non-hydrogen) atoms. The zero-order valence-electron chi connectivity index (χ0n) is 17.3. The third kappa shape index (κ3) is 5.07. The molecule has 1 aromatic heterocycles. The summed E-state index contributed by atoms with van der Waals surface area (Å²) in [5, 5.41) is 6.37. The molecule has 0 atom stereocenters. The van der Waals surface area contributed by atoms with E-state index in [2.05, 4.69) is 43.2 Å². The number of benzene rings is 3. The third-order valence-corrected chi connectivity index (χ3v) is 6.53. The summed E-state index contributed by atoms with van der Waals surface area (Å²) in [6, 6.07) is 21.4. The fraction of sp³-hybridized carbons (Fsp3) is 0.120. The van der Waals surface area contributed by atoms with Crippen molar-refractivity contribution in [3.63, 3.8) is 0 Å². The summed E-state index contributed by atoms with van der Waals surface area (Å²) in [5.41, 5.74) is 7.70. The molecule has 0 fully saturated rings. The van der Waals surface area contributed by atoms with Gasteiger partial charge >= 0.3 is 0 Å². The molecule has 0 aliphatic heterocycles. The van der Waals surface area contributed by atoms with Gasteiger partial charge in [0.25, 0.3) is 0 Å². The van der Waals surface area contributed by atoms with Crippen LogP contribution in [0, 0.1) is 6.92 Å². The first-order valence-corrected chi connectivity index (χ1v) is 11.6. The Morgan fingerprint density at radius 3 is 2.50 bits per heavy atom. The standard InChI is InChI=1S/C25H20BrCl2N3O/c1-16-21(14-29-30-25(32)13-17-6-9-19(26)10-7-17)20-4-2-3-5-24(20)31(16)15-18-8-11-22(27)23(28)12-18/h2-12,14H,13,15H2,1H3,(H,30,32)/b29-14-. The second-order valence-corrected chi connectivity index (χ2v) is 9.18. The number of carbonyl (C=O) groups is 1. The number of nitrogens with zero attached hydrogens (tertiary/aromatic N) is 2. The minimum atomic E-state index is -0.166. The highest BCUT2D eigenvalue weighted by molar-refractivity contribution is 9.10. The molecule has 0 radical (unpaired) electrons. The second-order valence-electron chi connectivity index (χ2n) is 7.45. The molecule has 4 aromatic rings. The summed E-state index contributed by atoms with van der Waals surface area (Å²) >= 11 is 15.7. The van der Waals surface area contributed by atoms with Gasteiger partial charge in [0.1, 0.15) is 0 Å². The van der Waals surface area contributed by atoms with Crippen LogP contribution in [0.2, 0.25) is 10.0 Å². The van der Waals surface area contributed by atoms with E-state index in [1.807, 2.05) is 61.5 Å². The normalized spacial score (nSPS) is 11.4. The van der Waals surface area contributed by atoms with Crippen LogP contribution in [0.4, 0.5) is 0 Å². The average molecular weight is 529 g/mol. The third-order valence-electron chi connectivity index (χ3n) is 5.27. The van der Waals surface area contributed by atoms with Crippen molar-refractivity contribution in [2.24, 2.45) is 5.10 Å². The van der Waals surface area contributed by atoms with Crippen molar-refractivity contribution in [2.75, 3.05) is 0 Å². The van der Waals surface area contributed by atoms with Crippen LogP contribution in [0.25, 0.3) is 10.9 Å². The van der Waals surface area contributed by atoms with Crippen molar-refractivity contribution in [2.45, 2.75) is 19.9 Å². The van der Waals surface area contributed by atoms with Gasteiger partial charge in [0.15, 0.2) is 0 Å². The van der Waals surface area contributed by atoms with Crippen molar-refractivity contribution in [1.82, 2.24) is 9.99 Å². The monoisotopic (exact) mass is 527 g/mol. The van der Waals surface area contributed by atoms with Crippen LogP contribution in [0.1, 0.15) is 22.4 Å². The molecule has 0 aliphatic rings. The minimum absolute atomic E-state index is 0.166. The van der Waals surface area contributed by atoms with Gasteiger partial charge in [0.05, 0.1) is 22.7 Å². The van der Waals surface area contributed by atoms with Gasteiger partial charge in [0.2, 0.25) is 5.91 Å². The van der Waals surface area contributed by atoms with Crippen molar-refractivity contribution in [1.29, 1.82) is 0 Å². The van der Waals surface area contributed by atoms with Crippen molar-refractivity contribution < 1.29 is 4.79 Å². The Labute approximate surface area is 205 Å². The summed E-state index contributed by atoms with van der Waals surface area (Å²) < 4.78 is 3.19. The lowest BCUT2D eigenvalue weighted by molar-refractivity contribution is -0.120. The smallest absolute Gasteiger partial charge is 0.244 e. The summed E-state index contributed by atoms with van der Waals surface area (Å²) in [5.74, 6) is -0.166. The van der Waals surface area contributed by atoms with E-state index in [0.717, 1.165) is 37.8 Å². The predicted molar refractivity (Wildman–Crippen MR) is 136 cm³/mol. The molecular formula is C25H20BrCl2N3O. The Bertz CT molecular complexity index is 1310. The molecule has 0 aliphatic carbocycles. The van der Waals surface area contributed by atoms with Gasteiger partial charge in [-0.1, -0.05) is 75.5 Å². The number of rotatable bonds is 6. The van der Waals surface area contributed by atoms with E-state index in [-0.39, 0.29) is 12.3 Å². The van der Waals surface area contributed by atoms with E-state index >= 15 is 0 Å². The predicted octanol–water partition coefficient (Wildman–Crippen LogP) is 6.76. The highest BCUT2D eigenvalue weighted by atomic mass is 79.9. The van der Waals surface area contributed by atoms with Gasteiger partial charge in [-0.15, -0.1) is 0 Å². The first-order valence-electron chi connectivity index (χ1n) is 10.0. The van der Waals surface area contributed by atoms with E-state index in [9.17, 15) is 4.79 Å². The van der Waals surface area contributed by atoms with E-state index < -0.39 is 0 Å². The molecule has 0 saturated heterocycles. The molecule has 0 bridgehead atoms. The van der Waals surface area contributed by atoms with Crippen LogP contribution in [0.15, 0.2) is 76.3 Å². The zero-order chi connectivity index (χ0) is 22.7. The summed E-state index contributed by atoms with van der Waals surface area (Å²) in [4.78, 5) is 12.3. The molecule has 7 heteroatoms. The van der Waals surface area contributed by atoms with Gasteiger partial charge in [-0.2, -0.15) is 5.10 Å². The molecular weight excluding hydrogens is 509 g/mol. The Hall–Kier alpha value is -2.60. The number of carbonyl (C=O) groups excluding carboxylic acids is 1. The van der Waals surface area contributed by atoms with E-state index in [1.54, 1.807) is 6.21 Å². The van der Waals surface area contributed by atoms with Gasteiger partial charge < -0.3 is 4.57 Å². The number of aromatic nitrogens is 1. The molecule has 4 rings (SSSR count). The van der Waals surface area contributed by atoms with Gasteiger partial charge in [-0.25, -0.2) is 5.43 Å². The lowest BCUT2D eigenvalue weighted by atomic mass is 10.1. The average Bonchev–Trinajstić information content (AvgIpc) is 3.04. The largest absolute Gasteiger partial charge is 0.340 e. The molecule has 4 nitrogen and oxygen atoms in total. The fourth-order valence-electron chi connectivity index (χ4n) is 3.64. The van der Waals surface area contributed by atoms with Crippen molar-refractivity contribution in [3.8, 4) is 0 Å². The minimum Gasteiger partial charge on any atom is -0.340 e. The highest BCUT2D eigenvalue weighted by Gasteiger charge is 2.13. The maximum atomic E-state index is 12.3. The number of hydrogen-bond donors (Lipinski definition) is 1. The Balaban J connectivity index is 1.56. The Morgan fingerprint density at radius 2 is 1.75 bits per heavy atom. The number of nitrogens with one attached hydrogen (secondary N) is 1. The molecule has 1 heterocycles. The van der Waals surface area contributed by atoms with Gasteiger partial charge in [0, 0.05) is 33.2 Å². The lowest BCUT2D eigenvalue weighted by Gasteiger charge is -2.09. The molecule has 1 amide bonds. The zero-order valence-corrected chi connectivity index (χ0v) is 20.4. The van der Waals surface area contributed by atoms with Gasteiger partial charge in [-0.05, 0) is 48.4 Å². The van der Waals surface area contributed by atoms with Crippen LogP contribution in [0.5, 0.6) is 0 Å². The van der Waals surface area contributed by atoms with E-state index in [4.69, 9.17) is 23.2 Å². The lowest BCUT2D eigenvalue weighted by Crippen LogP contribution is -2.19. The number of amides is 1. The van der Waals surface area contributed by atoms with E-state index in [0.29, 0.717) is 16.6 Å².